The zero-order chi connectivity index (χ0) is 28.7. The molecule has 2 aromatic carbocycles. The molecule has 0 amide bonds. The molecule has 6 nitrogen and oxygen atoms in total. The molecule has 0 aliphatic rings. The molecule has 0 aliphatic carbocycles. The van der Waals surface area contributed by atoms with Gasteiger partial charge >= 0.3 is 0 Å². The van der Waals surface area contributed by atoms with Crippen LogP contribution in [-0.4, -0.2) is 46.3 Å². The molecule has 1 aromatic heterocycles. The molecule has 0 bridgehead atoms. The van der Waals surface area contributed by atoms with E-state index in [1.807, 2.05) is 43.3 Å². The number of pyridine rings is 1. The highest BCUT2D eigenvalue weighted by Crippen LogP contribution is 2.44. The van der Waals surface area contributed by atoms with Crippen molar-refractivity contribution in [1.29, 1.82) is 0 Å². The molecule has 0 saturated carbocycles. The molecule has 212 valence electrons. The molecule has 1 heterocycles. The lowest BCUT2D eigenvalue weighted by atomic mass is 9.96. The van der Waals surface area contributed by atoms with Crippen LogP contribution in [-0.2, 0) is 17.7 Å². The summed E-state index contributed by atoms with van der Waals surface area (Å²) in [6, 6.07) is 15.9. The van der Waals surface area contributed by atoms with Gasteiger partial charge in [0.15, 0.2) is 0 Å². The first-order valence-corrected chi connectivity index (χ1v) is 15.6. The van der Waals surface area contributed by atoms with E-state index < -0.39 is 13.2 Å². The molecular formula is C31H42FN2O4P. The largest absolute Gasteiger partial charge is 0.489 e. The highest BCUT2D eigenvalue weighted by molar-refractivity contribution is 7.58. The van der Waals surface area contributed by atoms with Gasteiger partial charge in [0.05, 0.1) is 13.3 Å². The molecule has 8 heteroatoms. The number of rotatable bonds is 13. The van der Waals surface area contributed by atoms with Crippen molar-refractivity contribution in [3.63, 3.8) is 0 Å². The molecular weight excluding hydrogens is 514 g/mol. The van der Waals surface area contributed by atoms with Crippen LogP contribution < -0.4 is 9.47 Å². The molecule has 2 atom stereocenters. The van der Waals surface area contributed by atoms with E-state index in [0.29, 0.717) is 42.4 Å². The van der Waals surface area contributed by atoms with E-state index in [-0.39, 0.29) is 18.2 Å². The van der Waals surface area contributed by atoms with Gasteiger partial charge in [-0.2, -0.15) is 0 Å². The van der Waals surface area contributed by atoms with Crippen LogP contribution in [0.2, 0.25) is 0 Å². The van der Waals surface area contributed by atoms with Gasteiger partial charge in [0.25, 0.3) is 0 Å². The smallest absolute Gasteiger partial charge is 0.213 e. The molecule has 0 radical (unpaired) electrons. The highest BCUT2D eigenvalue weighted by Gasteiger charge is 2.21. The van der Waals surface area contributed by atoms with E-state index in [2.05, 4.69) is 43.6 Å². The lowest BCUT2D eigenvalue weighted by Crippen LogP contribution is -2.36. The highest BCUT2D eigenvalue weighted by atomic mass is 31.2. The molecule has 3 rings (SSSR count). The van der Waals surface area contributed by atoms with Crippen molar-refractivity contribution >= 4 is 7.37 Å². The fourth-order valence-electron chi connectivity index (χ4n) is 4.77. The third kappa shape index (κ3) is 8.38. The van der Waals surface area contributed by atoms with Crippen molar-refractivity contribution in [3.8, 4) is 22.8 Å². The fourth-order valence-corrected chi connectivity index (χ4v) is 6.09. The summed E-state index contributed by atoms with van der Waals surface area (Å²) < 4.78 is 38.6. The molecule has 0 spiro atoms. The number of hydrogen-bond acceptors (Lipinski definition) is 5. The topological polar surface area (TPSA) is 71.9 Å². The molecule has 39 heavy (non-hydrogen) atoms. The first-order chi connectivity index (χ1) is 18.4. The lowest BCUT2D eigenvalue weighted by molar-refractivity contribution is 0.166. The number of halogens is 1. The summed E-state index contributed by atoms with van der Waals surface area (Å²) in [5.74, 6) is 0.605. The van der Waals surface area contributed by atoms with Crippen LogP contribution >= 0.6 is 7.37 Å². The van der Waals surface area contributed by atoms with Gasteiger partial charge in [-0.3, -0.25) is 9.46 Å². The summed E-state index contributed by atoms with van der Waals surface area (Å²) in [6.07, 6.45) is 1.71. The Kier molecular flexibility index (Phi) is 10.7. The number of ether oxygens (including phenoxy) is 2. The van der Waals surface area contributed by atoms with Gasteiger partial charge in [0, 0.05) is 42.6 Å². The van der Waals surface area contributed by atoms with Crippen molar-refractivity contribution < 1.29 is 23.3 Å². The van der Waals surface area contributed by atoms with Crippen LogP contribution in [0.1, 0.15) is 64.2 Å². The standard InChI is InChI=1S/C31H42FN2O4P/c1-8-39(35,36)20-23(6)25-10-9-11-27(15-25)38-19-24-12-13-28(29-16-31(37-7)33-17-30(29)32)26(14-24)18-34(21(2)3)22(4)5/h9-17,21-23H,8,18-20H2,1-7H3,(H,35,36)/t23-/m1/s1. The Labute approximate surface area is 232 Å². The van der Waals surface area contributed by atoms with Crippen molar-refractivity contribution in [2.24, 2.45) is 0 Å². The third-order valence-electron chi connectivity index (χ3n) is 7.06. The van der Waals surface area contributed by atoms with Gasteiger partial charge in [-0.15, -0.1) is 0 Å². The Bertz CT molecular complexity index is 1290. The first kappa shape index (κ1) is 30.8. The Morgan fingerprint density at radius 3 is 2.38 bits per heavy atom. The van der Waals surface area contributed by atoms with Gasteiger partial charge in [-0.25, -0.2) is 9.37 Å². The third-order valence-corrected chi connectivity index (χ3v) is 9.17. The average Bonchev–Trinajstić information content (AvgIpc) is 2.90. The fraction of sp³-hybridized carbons (Fsp3) is 0.452. The van der Waals surface area contributed by atoms with Gasteiger partial charge in [0.1, 0.15) is 18.2 Å². The van der Waals surface area contributed by atoms with Crippen LogP contribution in [0.25, 0.3) is 11.1 Å². The summed E-state index contributed by atoms with van der Waals surface area (Å²) in [7, 11) is -1.61. The van der Waals surface area contributed by atoms with Crippen LogP contribution in [0.15, 0.2) is 54.7 Å². The van der Waals surface area contributed by atoms with E-state index in [4.69, 9.17) is 9.47 Å². The van der Waals surface area contributed by atoms with Crippen molar-refractivity contribution in [2.75, 3.05) is 19.4 Å². The van der Waals surface area contributed by atoms with Crippen molar-refractivity contribution in [2.45, 2.75) is 72.7 Å². The van der Waals surface area contributed by atoms with Gasteiger partial charge in [-0.1, -0.05) is 44.2 Å². The van der Waals surface area contributed by atoms with Crippen LogP contribution in [0.5, 0.6) is 11.6 Å². The van der Waals surface area contributed by atoms with E-state index in [1.165, 1.54) is 13.3 Å². The maximum Gasteiger partial charge on any atom is 0.213 e. The minimum Gasteiger partial charge on any atom is -0.489 e. The average molecular weight is 557 g/mol. The molecule has 0 fully saturated rings. The number of hydrogen-bond donors (Lipinski definition) is 1. The Morgan fingerprint density at radius 2 is 1.74 bits per heavy atom. The van der Waals surface area contributed by atoms with Crippen LogP contribution in [0.3, 0.4) is 0 Å². The summed E-state index contributed by atoms with van der Waals surface area (Å²) in [5, 5.41) is 0. The second kappa shape index (κ2) is 13.6. The SMILES string of the molecule is CCP(=O)(O)C[C@@H](C)c1cccc(OCc2ccc(-c3cc(OC)ncc3F)c(CN(C(C)C)C(C)C)c2)c1. The van der Waals surface area contributed by atoms with E-state index >= 15 is 0 Å². The maximum atomic E-state index is 14.9. The van der Waals surface area contributed by atoms with E-state index in [9.17, 15) is 13.8 Å². The lowest BCUT2D eigenvalue weighted by Gasteiger charge is -2.31. The molecule has 1 unspecified atom stereocenters. The number of aromatic nitrogens is 1. The van der Waals surface area contributed by atoms with Gasteiger partial charge in [-0.05, 0) is 68.0 Å². The van der Waals surface area contributed by atoms with Crippen molar-refractivity contribution in [1.82, 2.24) is 9.88 Å². The van der Waals surface area contributed by atoms with Crippen LogP contribution in [0, 0.1) is 5.82 Å². The number of benzene rings is 2. The minimum atomic E-state index is -3.13. The Balaban J connectivity index is 1.90. The van der Waals surface area contributed by atoms with Crippen LogP contribution in [0.4, 0.5) is 4.39 Å². The predicted octanol–water partition coefficient (Wildman–Crippen LogP) is 7.49. The second-order valence-electron chi connectivity index (χ2n) is 10.7. The molecule has 0 aliphatic heterocycles. The summed E-state index contributed by atoms with van der Waals surface area (Å²) in [6.45, 7) is 13.3. The monoisotopic (exact) mass is 556 g/mol. The summed E-state index contributed by atoms with van der Waals surface area (Å²) >= 11 is 0. The Hall–Kier alpha value is -2.73. The normalized spacial score (nSPS) is 14.1. The Morgan fingerprint density at radius 1 is 1.03 bits per heavy atom. The van der Waals surface area contributed by atoms with Gasteiger partial charge in [0.2, 0.25) is 13.2 Å². The second-order valence-corrected chi connectivity index (χ2v) is 13.4. The predicted molar refractivity (Wildman–Crippen MR) is 156 cm³/mol. The molecule has 1 N–H and O–H groups in total. The van der Waals surface area contributed by atoms with Gasteiger partial charge < -0.3 is 14.4 Å². The minimum absolute atomic E-state index is 0.0551. The zero-order valence-electron chi connectivity index (χ0n) is 24.1. The summed E-state index contributed by atoms with van der Waals surface area (Å²) in [4.78, 5) is 16.4. The van der Waals surface area contributed by atoms with Crippen molar-refractivity contribution in [3.05, 3.63) is 77.2 Å². The quantitative estimate of drug-likeness (QED) is 0.220. The zero-order valence-corrected chi connectivity index (χ0v) is 25.0. The molecule has 0 saturated heterocycles. The molecule has 3 aromatic rings. The number of methoxy groups -OCH3 is 1. The van der Waals surface area contributed by atoms with E-state index in [0.717, 1.165) is 22.3 Å². The number of nitrogens with zero attached hydrogens (tertiary/aromatic N) is 2. The van der Waals surface area contributed by atoms with E-state index in [1.54, 1.807) is 13.0 Å². The maximum absolute atomic E-state index is 14.9. The summed E-state index contributed by atoms with van der Waals surface area (Å²) in [5.41, 5.74) is 4.17. The first-order valence-electron chi connectivity index (χ1n) is 13.5.